The van der Waals surface area contributed by atoms with Gasteiger partial charge in [0.25, 0.3) is 5.91 Å². The largest absolute Gasteiger partial charge is 0.366 e. The molecule has 30 heavy (non-hydrogen) atoms. The third kappa shape index (κ3) is 4.50. The normalized spacial score (nSPS) is 16.0. The molecule has 2 aliphatic rings. The number of nitrogens with one attached hydrogen (secondary N) is 2. The van der Waals surface area contributed by atoms with Crippen LogP contribution in [0.15, 0.2) is 42.5 Å². The van der Waals surface area contributed by atoms with E-state index in [4.69, 9.17) is 0 Å². The van der Waals surface area contributed by atoms with E-state index in [-0.39, 0.29) is 17.7 Å². The Hall–Kier alpha value is -2.82. The van der Waals surface area contributed by atoms with Crippen molar-refractivity contribution < 1.29 is 9.59 Å². The summed E-state index contributed by atoms with van der Waals surface area (Å²) >= 11 is 0. The summed E-state index contributed by atoms with van der Waals surface area (Å²) in [4.78, 5) is 27.7. The Morgan fingerprint density at radius 1 is 1.10 bits per heavy atom. The molecule has 2 amide bonds. The number of carbonyl (C=O) groups excluding carboxylic acids is 2. The summed E-state index contributed by atoms with van der Waals surface area (Å²) in [6, 6.07) is 14.2. The van der Waals surface area contributed by atoms with Crippen LogP contribution >= 0.6 is 0 Å². The van der Waals surface area contributed by atoms with Crippen LogP contribution in [0.3, 0.4) is 0 Å². The van der Waals surface area contributed by atoms with Crippen molar-refractivity contribution in [1.82, 2.24) is 5.32 Å². The van der Waals surface area contributed by atoms with Gasteiger partial charge in [-0.2, -0.15) is 0 Å². The lowest BCUT2D eigenvalue weighted by Gasteiger charge is -2.32. The molecule has 158 valence electrons. The summed E-state index contributed by atoms with van der Waals surface area (Å²) in [5.74, 6) is 0.467. The van der Waals surface area contributed by atoms with Gasteiger partial charge in [0.2, 0.25) is 5.91 Å². The topological polar surface area (TPSA) is 61.4 Å². The fraction of sp³-hybridized carbons (Fsp3) is 0.440. The van der Waals surface area contributed by atoms with Crippen LogP contribution in [0.25, 0.3) is 0 Å². The van der Waals surface area contributed by atoms with Gasteiger partial charge in [0.1, 0.15) is 0 Å². The van der Waals surface area contributed by atoms with Crippen LogP contribution in [-0.2, 0) is 17.8 Å². The predicted octanol–water partition coefficient (Wildman–Crippen LogP) is 4.37. The van der Waals surface area contributed by atoms with E-state index in [0.717, 1.165) is 44.5 Å². The van der Waals surface area contributed by atoms with E-state index in [1.54, 1.807) is 0 Å². The summed E-state index contributed by atoms with van der Waals surface area (Å²) < 4.78 is 0. The molecule has 0 spiro atoms. The summed E-state index contributed by atoms with van der Waals surface area (Å²) in [5.41, 5.74) is 4.93. The molecule has 0 bridgehead atoms. The highest BCUT2D eigenvalue weighted by atomic mass is 16.2. The molecule has 0 atom stereocenters. The molecule has 5 nitrogen and oxygen atoms in total. The first-order valence-electron chi connectivity index (χ1n) is 11.1. The lowest BCUT2D eigenvalue weighted by atomic mass is 9.85. The standard InChI is InChI=1S/C25H31N3O2/c1-17(2)15-26-25(30)22-14-21(27-24(29)19-8-5-9-19)10-11-23(22)28-13-12-18-6-3-4-7-20(18)16-28/h3-4,6-7,10-11,14,17,19H,5,8-9,12-13,15-16H2,1-2H3,(H,26,30)(H,27,29). The van der Waals surface area contributed by atoms with Crippen LogP contribution in [-0.4, -0.2) is 24.9 Å². The molecule has 0 saturated heterocycles. The minimum absolute atomic E-state index is 0.0643. The van der Waals surface area contributed by atoms with Crippen molar-refractivity contribution in [3.63, 3.8) is 0 Å². The maximum atomic E-state index is 13.0. The highest BCUT2D eigenvalue weighted by Gasteiger charge is 2.26. The Labute approximate surface area is 178 Å². The average Bonchev–Trinajstić information content (AvgIpc) is 2.70. The van der Waals surface area contributed by atoms with Crippen molar-refractivity contribution >= 4 is 23.2 Å². The zero-order valence-electron chi connectivity index (χ0n) is 17.9. The van der Waals surface area contributed by atoms with Gasteiger partial charge in [-0.25, -0.2) is 0 Å². The Bertz CT molecular complexity index is 934. The Balaban J connectivity index is 1.59. The third-order valence-electron chi connectivity index (χ3n) is 6.13. The molecule has 1 fully saturated rings. The first-order chi connectivity index (χ1) is 14.5. The van der Waals surface area contributed by atoms with Gasteiger partial charge in [0.05, 0.1) is 5.56 Å². The van der Waals surface area contributed by atoms with Crippen molar-refractivity contribution in [2.45, 2.75) is 46.1 Å². The van der Waals surface area contributed by atoms with Gasteiger partial charge in [-0.3, -0.25) is 9.59 Å². The molecule has 0 radical (unpaired) electrons. The molecule has 2 aromatic rings. The number of fused-ring (bicyclic) bond motifs is 1. The summed E-state index contributed by atoms with van der Waals surface area (Å²) in [6.45, 7) is 6.44. The summed E-state index contributed by atoms with van der Waals surface area (Å²) in [7, 11) is 0. The lowest BCUT2D eigenvalue weighted by Crippen LogP contribution is -2.34. The van der Waals surface area contributed by atoms with Crippen molar-refractivity contribution in [3.8, 4) is 0 Å². The number of nitrogens with zero attached hydrogens (tertiary/aromatic N) is 1. The van der Waals surface area contributed by atoms with Crippen molar-refractivity contribution in [3.05, 3.63) is 59.2 Å². The monoisotopic (exact) mass is 405 g/mol. The Kier molecular flexibility index (Phi) is 6.07. The predicted molar refractivity (Wildman–Crippen MR) is 121 cm³/mol. The second kappa shape index (κ2) is 8.90. The first kappa shape index (κ1) is 20.5. The van der Waals surface area contributed by atoms with Crippen molar-refractivity contribution in [2.75, 3.05) is 23.3 Å². The maximum Gasteiger partial charge on any atom is 0.253 e. The highest BCUT2D eigenvalue weighted by Crippen LogP contribution is 2.31. The molecule has 0 aromatic heterocycles. The molecule has 4 rings (SSSR count). The van der Waals surface area contributed by atoms with E-state index < -0.39 is 0 Å². The zero-order valence-corrected chi connectivity index (χ0v) is 17.9. The summed E-state index contributed by atoms with van der Waals surface area (Å²) in [5, 5.41) is 6.06. The number of carbonyl (C=O) groups is 2. The molecule has 2 aromatic carbocycles. The molecule has 1 saturated carbocycles. The second-order valence-electron chi connectivity index (χ2n) is 8.89. The lowest BCUT2D eigenvalue weighted by molar-refractivity contribution is -0.122. The third-order valence-corrected chi connectivity index (χ3v) is 6.13. The van der Waals surface area contributed by atoms with Gasteiger partial charge >= 0.3 is 0 Å². The molecule has 5 heteroatoms. The van der Waals surface area contributed by atoms with Gasteiger partial charge in [-0.1, -0.05) is 44.5 Å². The fourth-order valence-electron chi connectivity index (χ4n) is 4.08. The van der Waals surface area contributed by atoms with Crippen molar-refractivity contribution in [2.24, 2.45) is 11.8 Å². The van der Waals surface area contributed by atoms with E-state index in [1.165, 1.54) is 11.1 Å². The quantitative estimate of drug-likeness (QED) is 0.750. The molecule has 1 heterocycles. The minimum Gasteiger partial charge on any atom is -0.366 e. The van der Waals surface area contributed by atoms with E-state index in [1.807, 2.05) is 18.2 Å². The Morgan fingerprint density at radius 3 is 2.57 bits per heavy atom. The SMILES string of the molecule is CC(C)CNC(=O)c1cc(NC(=O)C2CCC2)ccc1N1CCc2ccccc2C1. The van der Waals surface area contributed by atoms with Gasteiger partial charge in [-0.15, -0.1) is 0 Å². The van der Waals surface area contributed by atoms with Crippen molar-refractivity contribution in [1.29, 1.82) is 0 Å². The van der Waals surface area contributed by atoms with E-state index >= 15 is 0 Å². The molecule has 1 aliphatic heterocycles. The number of benzene rings is 2. The number of anilines is 2. The molecular weight excluding hydrogens is 374 g/mol. The fourth-order valence-corrected chi connectivity index (χ4v) is 4.08. The number of hydrogen-bond donors (Lipinski definition) is 2. The molecule has 1 aliphatic carbocycles. The summed E-state index contributed by atoms with van der Waals surface area (Å²) in [6.07, 6.45) is 4.00. The number of amides is 2. The van der Waals surface area contributed by atoms with Crippen LogP contribution in [0.4, 0.5) is 11.4 Å². The van der Waals surface area contributed by atoms with Crippen LogP contribution < -0.4 is 15.5 Å². The second-order valence-corrected chi connectivity index (χ2v) is 8.89. The van der Waals surface area contributed by atoms with Gasteiger partial charge in [0.15, 0.2) is 0 Å². The zero-order chi connectivity index (χ0) is 21.1. The van der Waals surface area contributed by atoms with Crippen LogP contribution in [0.2, 0.25) is 0 Å². The van der Waals surface area contributed by atoms with Crippen LogP contribution in [0.1, 0.15) is 54.6 Å². The smallest absolute Gasteiger partial charge is 0.253 e. The molecular formula is C25H31N3O2. The minimum atomic E-state index is -0.0858. The maximum absolute atomic E-state index is 13.0. The average molecular weight is 406 g/mol. The Morgan fingerprint density at radius 2 is 1.87 bits per heavy atom. The van der Waals surface area contributed by atoms with E-state index in [2.05, 4.69) is 53.6 Å². The molecule has 2 N–H and O–H groups in total. The number of hydrogen-bond acceptors (Lipinski definition) is 3. The van der Waals surface area contributed by atoms with Gasteiger partial charge in [-0.05, 0) is 54.5 Å². The van der Waals surface area contributed by atoms with Crippen LogP contribution in [0, 0.1) is 11.8 Å². The first-order valence-corrected chi connectivity index (χ1v) is 11.1. The van der Waals surface area contributed by atoms with Crippen LogP contribution in [0.5, 0.6) is 0 Å². The van der Waals surface area contributed by atoms with E-state index in [0.29, 0.717) is 23.7 Å². The van der Waals surface area contributed by atoms with Gasteiger partial charge in [0, 0.05) is 36.9 Å². The highest BCUT2D eigenvalue weighted by molar-refractivity contribution is 6.02. The van der Waals surface area contributed by atoms with Gasteiger partial charge < -0.3 is 15.5 Å². The molecule has 0 unspecified atom stereocenters. The van der Waals surface area contributed by atoms with E-state index in [9.17, 15) is 9.59 Å². The number of rotatable bonds is 6.